The van der Waals surface area contributed by atoms with Crippen LogP contribution < -0.4 is 18.9 Å². The topological polar surface area (TPSA) is 77.5 Å². The predicted molar refractivity (Wildman–Crippen MR) is 179 cm³/mol. The lowest BCUT2D eigenvalue weighted by Crippen LogP contribution is -2.31. The van der Waals surface area contributed by atoms with Gasteiger partial charge in [0.05, 0.1) is 28.4 Å². The van der Waals surface area contributed by atoms with Gasteiger partial charge in [-0.15, -0.1) is 0 Å². The summed E-state index contributed by atoms with van der Waals surface area (Å²) in [5, 5.41) is 0. The molecule has 0 spiro atoms. The highest BCUT2D eigenvalue weighted by molar-refractivity contribution is 5.77. The smallest absolute Gasteiger partial charge is 0.223 e. The summed E-state index contributed by atoms with van der Waals surface area (Å²) in [7, 11) is 6.53. The summed E-state index contributed by atoms with van der Waals surface area (Å²) in [6, 6.07) is 31.0. The lowest BCUT2D eigenvalue weighted by atomic mass is 10.1. The highest BCUT2D eigenvalue weighted by atomic mass is 16.5. The van der Waals surface area contributed by atoms with E-state index in [1.165, 1.54) is 0 Å². The van der Waals surface area contributed by atoms with Crippen molar-refractivity contribution >= 4 is 11.8 Å². The number of benzene rings is 4. The van der Waals surface area contributed by atoms with Gasteiger partial charge in [-0.25, -0.2) is 0 Å². The Labute approximate surface area is 272 Å². The molecular formula is C38H44N2O6. The second-order valence-corrected chi connectivity index (χ2v) is 11.1. The van der Waals surface area contributed by atoms with E-state index >= 15 is 0 Å². The molecular weight excluding hydrogens is 580 g/mol. The van der Waals surface area contributed by atoms with Crippen LogP contribution in [0.2, 0.25) is 0 Å². The molecule has 0 radical (unpaired) electrons. The summed E-state index contributed by atoms with van der Waals surface area (Å²) < 4.78 is 21.6. The Morgan fingerprint density at radius 2 is 0.717 bits per heavy atom. The minimum absolute atomic E-state index is 0.0303. The molecule has 0 bridgehead atoms. The van der Waals surface area contributed by atoms with Gasteiger partial charge in [0.1, 0.15) is 23.0 Å². The second-order valence-electron chi connectivity index (χ2n) is 11.1. The Morgan fingerprint density at radius 1 is 0.457 bits per heavy atom. The molecule has 46 heavy (non-hydrogen) atoms. The first kappa shape index (κ1) is 33.9. The molecule has 242 valence electrons. The van der Waals surface area contributed by atoms with Crippen LogP contribution in [0.4, 0.5) is 0 Å². The van der Waals surface area contributed by atoms with Crippen LogP contribution in [0.1, 0.15) is 47.9 Å². The quantitative estimate of drug-likeness (QED) is 0.117. The molecule has 4 aromatic rings. The third-order valence-electron chi connectivity index (χ3n) is 7.77. The molecule has 0 aliphatic rings. The third-order valence-corrected chi connectivity index (χ3v) is 7.77. The fourth-order valence-electron chi connectivity index (χ4n) is 5.30. The van der Waals surface area contributed by atoms with Gasteiger partial charge in [0.15, 0.2) is 0 Å². The van der Waals surface area contributed by atoms with Crippen molar-refractivity contribution in [3.05, 3.63) is 119 Å². The minimum Gasteiger partial charge on any atom is -0.497 e. The molecule has 0 unspecified atom stereocenters. The van der Waals surface area contributed by atoms with E-state index in [0.29, 0.717) is 51.9 Å². The summed E-state index contributed by atoms with van der Waals surface area (Å²) in [4.78, 5) is 30.9. The van der Waals surface area contributed by atoms with Gasteiger partial charge in [0.25, 0.3) is 0 Å². The first-order valence-corrected chi connectivity index (χ1v) is 15.5. The number of amides is 2. The van der Waals surface area contributed by atoms with Crippen LogP contribution in [0.25, 0.3) is 0 Å². The zero-order valence-corrected chi connectivity index (χ0v) is 27.2. The number of carbonyl (C=O) groups is 2. The van der Waals surface area contributed by atoms with Gasteiger partial charge in [0.2, 0.25) is 11.8 Å². The van der Waals surface area contributed by atoms with E-state index in [-0.39, 0.29) is 11.8 Å². The molecule has 0 N–H and O–H groups in total. The summed E-state index contributed by atoms with van der Waals surface area (Å²) in [6.45, 7) is 1.78. The molecule has 8 heteroatoms. The van der Waals surface area contributed by atoms with Crippen LogP contribution in [0.3, 0.4) is 0 Å². The molecule has 8 nitrogen and oxygen atoms in total. The molecule has 0 fully saturated rings. The van der Waals surface area contributed by atoms with E-state index in [9.17, 15) is 9.59 Å². The molecule has 0 atom stereocenters. The number of ether oxygens (including phenoxy) is 4. The largest absolute Gasteiger partial charge is 0.497 e. The molecule has 0 aliphatic heterocycles. The Hall–Kier alpha value is -4.98. The Morgan fingerprint density at radius 3 is 0.957 bits per heavy atom. The Kier molecular flexibility index (Phi) is 12.9. The van der Waals surface area contributed by atoms with Crippen molar-refractivity contribution in [3.8, 4) is 23.0 Å². The summed E-state index contributed by atoms with van der Waals surface area (Å²) in [5.41, 5.74) is 3.93. The van der Waals surface area contributed by atoms with Gasteiger partial charge in [0, 0.05) is 39.0 Å². The van der Waals surface area contributed by atoms with Gasteiger partial charge in [-0.1, -0.05) is 48.5 Å². The van der Waals surface area contributed by atoms with Crippen molar-refractivity contribution in [3.63, 3.8) is 0 Å². The van der Waals surface area contributed by atoms with Crippen molar-refractivity contribution in [1.82, 2.24) is 9.80 Å². The van der Waals surface area contributed by atoms with Crippen LogP contribution in [0, 0.1) is 0 Å². The lowest BCUT2D eigenvalue weighted by Gasteiger charge is -2.25. The van der Waals surface area contributed by atoms with Crippen molar-refractivity contribution < 1.29 is 28.5 Å². The van der Waals surface area contributed by atoms with E-state index in [1.807, 2.05) is 107 Å². The SMILES string of the molecule is COc1cccc(CN(Cc2cccc(OC)c2)C(=O)CCCCC(=O)N(Cc2cccc(OC)c2)Cc2cccc(OC)c2)c1. The van der Waals surface area contributed by atoms with Crippen LogP contribution in [0.5, 0.6) is 23.0 Å². The van der Waals surface area contributed by atoms with Crippen LogP contribution in [-0.2, 0) is 35.8 Å². The number of nitrogens with zero attached hydrogens (tertiary/aromatic N) is 2. The maximum atomic E-state index is 13.6. The minimum atomic E-state index is 0.0303. The van der Waals surface area contributed by atoms with Crippen molar-refractivity contribution in [2.24, 2.45) is 0 Å². The normalized spacial score (nSPS) is 10.6. The predicted octanol–water partition coefficient (Wildman–Crippen LogP) is 7.04. The number of rotatable bonds is 17. The number of hydrogen-bond acceptors (Lipinski definition) is 6. The Balaban J connectivity index is 1.40. The van der Waals surface area contributed by atoms with Crippen molar-refractivity contribution in [2.75, 3.05) is 28.4 Å². The van der Waals surface area contributed by atoms with Gasteiger partial charge < -0.3 is 28.7 Å². The lowest BCUT2D eigenvalue weighted by molar-refractivity contribution is -0.134. The van der Waals surface area contributed by atoms with Crippen LogP contribution in [-0.4, -0.2) is 50.1 Å². The number of methoxy groups -OCH3 is 4. The van der Waals surface area contributed by atoms with Gasteiger partial charge in [-0.05, 0) is 83.6 Å². The average molecular weight is 625 g/mol. The monoisotopic (exact) mass is 624 g/mol. The van der Waals surface area contributed by atoms with E-state index < -0.39 is 0 Å². The summed E-state index contributed by atoms with van der Waals surface area (Å²) in [6.07, 6.45) is 1.88. The van der Waals surface area contributed by atoms with Crippen LogP contribution in [0.15, 0.2) is 97.1 Å². The fourth-order valence-corrected chi connectivity index (χ4v) is 5.30. The molecule has 4 aromatic carbocycles. The average Bonchev–Trinajstić information content (AvgIpc) is 3.09. The maximum Gasteiger partial charge on any atom is 0.223 e. The second kappa shape index (κ2) is 17.5. The van der Waals surface area contributed by atoms with E-state index in [2.05, 4.69) is 0 Å². The van der Waals surface area contributed by atoms with Gasteiger partial charge in [-0.3, -0.25) is 9.59 Å². The third kappa shape index (κ3) is 10.3. The molecule has 0 saturated carbocycles. The molecule has 2 amide bonds. The molecule has 0 aromatic heterocycles. The van der Waals surface area contributed by atoms with E-state index in [0.717, 1.165) is 45.3 Å². The number of carbonyl (C=O) groups excluding carboxylic acids is 2. The standard InChI is InChI=1S/C38H44N2O6/c1-43-33-15-7-11-29(21-33)25-39(26-30-12-8-16-34(22-30)44-2)37(41)19-5-6-20-38(42)40(27-31-13-9-17-35(23-31)45-3)28-32-14-10-18-36(24-32)46-4/h7-18,21-24H,5-6,19-20,25-28H2,1-4H3. The first-order chi connectivity index (χ1) is 22.4. The van der Waals surface area contributed by atoms with Gasteiger partial charge >= 0.3 is 0 Å². The summed E-state index contributed by atoms with van der Waals surface area (Å²) >= 11 is 0. The first-order valence-electron chi connectivity index (χ1n) is 15.5. The van der Waals surface area contributed by atoms with Crippen molar-refractivity contribution in [1.29, 1.82) is 0 Å². The van der Waals surface area contributed by atoms with Gasteiger partial charge in [-0.2, -0.15) is 0 Å². The van der Waals surface area contributed by atoms with Crippen molar-refractivity contribution in [2.45, 2.75) is 51.9 Å². The highest BCUT2D eigenvalue weighted by Crippen LogP contribution is 2.22. The van der Waals surface area contributed by atoms with Crippen LogP contribution >= 0.6 is 0 Å². The summed E-state index contributed by atoms with van der Waals surface area (Å²) in [5.74, 6) is 3.05. The zero-order chi connectivity index (χ0) is 32.7. The molecule has 4 rings (SSSR count). The van der Waals surface area contributed by atoms with E-state index in [1.54, 1.807) is 28.4 Å². The van der Waals surface area contributed by atoms with E-state index in [4.69, 9.17) is 18.9 Å². The molecule has 0 saturated heterocycles. The highest BCUT2D eigenvalue weighted by Gasteiger charge is 2.18. The number of hydrogen-bond donors (Lipinski definition) is 0. The Bertz CT molecular complexity index is 1360. The number of unbranched alkanes of at least 4 members (excludes halogenated alkanes) is 1. The fraction of sp³-hybridized carbons (Fsp3) is 0.316. The maximum absolute atomic E-state index is 13.6. The zero-order valence-electron chi connectivity index (χ0n) is 27.2. The molecule has 0 aliphatic carbocycles. The molecule has 0 heterocycles.